The monoisotopic (exact) mass is 602 g/mol. The van der Waals surface area contributed by atoms with E-state index in [0.29, 0.717) is 17.6 Å². The first-order chi connectivity index (χ1) is 19.9. The van der Waals surface area contributed by atoms with Crippen LogP contribution in [0.1, 0.15) is 34.4 Å². The number of benzene rings is 1. The zero-order valence-corrected chi connectivity index (χ0v) is 22.8. The maximum atomic E-state index is 13.8. The van der Waals surface area contributed by atoms with E-state index in [4.69, 9.17) is 31.5 Å². The average molecular weight is 603 g/mol. The summed E-state index contributed by atoms with van der Waals surface area (Å²) in [5.74, 6) is -3.41. The second-order valence-electron chi connectivity index (χ2n) is 9.02. The van der Waals surface area contributed by atoms with Gasteiger partial charge in [-0.15, -0.1) is 0 Å². The Morgan fingerprint density at radius 1 is 1.24 bits per heavy atom. The molecule has 2 atom stereocenters. The summed E-state index contributed by atoms with van der Waals surface area (Å²) in [6.07, 6.45) is -0.692. The number of allylic oxidation sites excluding steroid dienone is 3. The van der Waals surface area contributed by atoms with Crippen LogP contribution in [-0.2, 0) is 19.3 Å². The van der Waals surface area contributed by atoms with Gasteiger partial charge in [0.2, 0.25) is 17.5 Å². The Morgan fingerprint density at radius 2 is 1.95 bits per heavy atom. The molecule has 1 aliphatic carbocycles. The molecule has 218 valence electrons. The number of rotatable bonds is 9. The van der Waals surface area contributed by atoms with Crippen LogP contribution in [0.25, 0.3) is 0 Å². The number of carbonyl (C=O) groups excluding carboxylic acids is 1. The number of nitrogens with two attached hydrogens (primary N) is 1. The van der Waals surface area contributed by atoms with Crippen molar-refractivity contribution in [3.8, 4) is 23.4 Å². The van der Waals surface area contributed by atoms with Crippen LogP contribution in [0.5, 0.6) is 17.4 Å². The highest BCUT2D eigenvalue weighted by Gasteiger charge is 2.39. The second kappa shape index (κ2) is 12.3. The fourth-order valence-electron chi connectivity index (χ4n) is 3.82. The molecule has 0 fully saturated rings. The first-order valence-electron chi connectivity index (χ1n) is 12.2. The van der Waals surface area contributed by atoms with Crippen molar-refractivity contribution in [2.24, 2.45) is 17.6 Å². The number of hydrogen-bond acceptors (Lipinski definition) is 9. The van der Waals surface area contributed by atoms with Crippen LogP contribution in [0.4, 0.5) is 13.2 Å². The first kappa shape index (κ1) is 30.1. The van der Waals surface area contributed by atoms with Gasteiger partial charge in [0, 0.05) is 17.1 Å². The van der Waals surface area contributed by atoms with Gasteiger partial charge in [-0.2, -0.15) is 23.4 Å². The fraction of sp³-hybridized carbons (Fsp3) is 0.259. The van der Waals surface area contributed by atoms with Crippen molar-refractivity contribution in [1.82, 2.24) is 19.5 Å². The lowest BCUT2D eigenvalue weighted by atomic mass is 9.90. The predicted molar refractivity (Wildman–Crippen MR) is 141 cm³/mol. The Balaban J connectivity index is 1.70. The lowest BCUT2D eigenvalue weighted by Crippen LogP contribution is -2.28. The number of halogens is 4. The lowest BCUT2D eigenvalue weighted by molar-refractivity contribution is -0.142. The van der Waals surface area contributed by atoms with Gasteiger partial charge in [-0.05, 0) is 29.8 Å². The number of ether oxygens (including phenoxy) is 3. The molecule has 42 heavy (non-hydrogen) atoms. The Hall–Kier alpha value is -4.90. The zero-order chi connectivity index (χ0) is 30.6. The van der Waals surface area contributed by atoms with Gasteiger partial charge >= 0.3 is 6.18 Å². The Morgan fingerprint density at radius 3 is 2.57 bits per heavy atom. The van der Waals surface area contributed by atoms with Gasteiger partial charge in [-0.25, -0.2) is 9.97 Å². The standard InChI is InChI=1S/C27H22ClF3N6O5/c1-14-16(9-32)7-19(8-20(14)28)42-21-22(27(29,30)31)35-13-37(26(21)39)11-17-10-34-24(23(33)38)36-25(17)41-12-15-3-5-18(40-2)6-4-15/h3-8,10,13-14,16H,11-12H2,1-2H3,(H2,33,38). The topological polar surface area (TPSA) is 155 Å². The molecule has 2 aromatic heterocycles. The number of nitriles is 1. The molecule has 11 nitrogen and oxygen atoms in total. The van der Waals surface area contributed by atoms with Crippen LogP contribution < -0.4 is 25.5 Å². The molecule has 1 aliphatic rings. The van der Waals surface area contributed by atoms with Crippen molar-refractivity contribution in [2.75, 3.05) is 7.11 Å². The van der Waals surface area contributed by atoms with E-state index in [2.05, 4.69) is 15.0 Å². The summed E-state index contributed by atoms with van der Waals surface area (Å²) in [5, 5.41) is 9.55. The molecule has 0 saturated heterocycles. The van der Waals surface area contributed by atoms with E-state index in [0.717, 1.165) is 10.8 Å². The molecule has 2 heterocycles. The summed E-state index contributed by atoms with van der Waals surface area (Å²) < 4.78 is 58.6. The van der Waals surface area contributed by atoms with Gasteiger partial charge in [0.15, 0.2) is 5.69 Å². The number of hydrogen-bond donors (Lipinski definition) is 1. The minimum absolute atomic E-state index is 0.0273. The highest BCUT2D eigenvalue weighted by molar-refractivity contribution is 6.30. The summed E-state index contributed by atoms with van der Waals surface area (Å²) in [6.45, 7) is 1.23. The van der Waals surface area contributed by atoms with Crippen molar-refractivity contribution >= 4 is 17.5 Å². The molecule has 15 heteroatoms. The first-order valence-corrected chi connectivity index (χ1v) is 12.5. The molecule has 0 radical (unpaired) electrons. The predicted octanol–water partition coefficient (Wildman–Crippen LogP) is 3.96. The SMILES string of the molecule is COc1ccc(COc2nc(C(N)=O)ncc2Cn2cnc(C(F)(F)F)c(OC3=CC(C#N)C(C)C(Cl)=C3)c2=O)cc1. The molecule has 4 rings (SSSR count). The molecule has 1 aromatic carbocycles. The normalized spacial score (nSPS) is 16.6. The second-order valence-corrected chi connectivity index (χ2v) is 9.46. The number of carbonyl (C=O) groups is 1. The Labute approximate surface area is 241 Å². The van der Waals surface area contributed by atoms with E-state index in [1.54, 1.807) is 31.2 Å². The summed E-state index contributed by atoms with van der Waals surface area (Å²) >= 11 is 6.15. The number of aromatic nitrogens is 4. The Bertz CT molecular complexity index is 1660. The maximum Gasteiger partial charge on any atom is 0.437 e. The van der Waals surface area contributed by atoms with Crippen LogP contribution in [0.15, 0.2) is 64.5 Å². The number of methoxy groups -OCH3 is 1. The van der Waals surface area contributed by atoms with Gasteiger partial charge in [-0.1, -0.05) is 30.7 Å². The highest BCUT2D eigenvalue weighted by Crippen LogP contribution is 2.36. The van der Waals surface area contributed by atoms with Gasteiger partial charge in [-0.3, -0.25) is 14.2 Å². The summed E-state index contributed by atoms with van der Waals surface area (Å²) in [5.41, 5.74) is 3.34. The van der Waals surface area contributed by atoms with Crippen molar-refractivity contribution in [3.05, 3.63) is 92.7 Å². The van der Waals surface area contributed by atoms with E-state index >= 15 is 0 Å². The fourth-order valence-corrected chi connectivity index (χ4v) is 4.06. The van der Waals surface area contributed by atoms with Crippen molar-refractivity contribution in [2.45, 2.75) is 26.3 Å². The van der Waals surface area contributed by atoms with Crippen LogP contribution in [0.2, 0.25) is 0 Å². The van der Waals surface area contributed by atoms with Crippen LogP contribution in [0.3, 0.4) is 0 Å². The molecule has 2 unspecified atom stereocenters. The molecule has 3 aromatic rings. The minimum atomic E-state index is -5.04. The average Bonchev–Trinajstić information content (AvgIpc) is 2.95. The van der Waals surface area contributed by atoms with E-state index in [-0.39, 0.29) is 34.7 Å². The Kier molecular flexibility index (Phi) is 8.82. The molecule has 1 amide bonds. The molecule has 0 aliphatic heterocycles. The lowest BCUT2D eigenvalue weighted by Gasteiger charge is -2.21. The number of alkyl halides is 3. The third-order valence-corrected chi connectivity index (χ3v) is 6.61. The number of nitrogens with zero attached hydrogens (tertiary/aromatic N) is 5. The van der Waals surface area contributed by atoms with Gasteiger partial charge in [0.05, 0.1) is 37.5 Å². The summed E-state index contributed by atoms with van der Waals surface area (Å²) in [4.78, 5) is 36.3. The van der Waals surface area contributed by atoms with Gasteiger partial charge in [0.25, 0.3) is 11.5 Å². The molecular weight excluding hydrogens is 581 g/mol. The molecule has 0 bridgehead atoms. The van der Waals surface area contributed by atoms with E-state index in [9.17, 15) is 28.0 Å². The quantitative estimate of drug-likeness (QED) is 0.383. The van der Waals surface area contributed by atoms with Gasteiger partial charge in [0.1, 0.15) is 18.1 Å². The van der Waals surface area contributed by atoms with Crippen LogP contribution in [-0.4, -0.2) is 32.5 Å². The molecular formula is C27H22ClF3N6O5. The zero-order valence-electron chi connectivity index (χ0n) is 22.1. The van der Waals surface area contributed by atoms with E-state index < -0.39 is 47.5 Å². The van der Waals surface area contributed by atoms with Crippen LogP contribution >= 0.6 is 11.6 Å². The van der Waals surface area contributed by atoms with E-state index in [1.807, 2.05) is 6.07 Å². The third-order valence-electron chi connectivity index (χ3n) is 6.15. The van der Waals surface area contributed by atoms with Gasteiger partial charge < -0.3 is 19.9 Å². The van der Waals surface area contributed by atoms with E-state index in [1.165, 1.54) is 19.3 Å². The smallest absolute Gasteiger partial charge is 0.437 e. The molecule has 2 N–H and O–H groups in total. The molecule has 0 saturated carbocycles. The number of primary amides is 1. The van der Waals surface area contributed by atoms with Crippen LogP contribution in [0, 0.1) is 23.2 Å². The van der Waals surface area contributed by atoms with Crippen molar-refractivity contribution in [3.63, 3.8) is 0 Å². The van der Waals surface area contributed by atoms with Crippen molar-refractivity contribution < 1.29 is 32.2 Å². The highest BCUT2D eigenvalue weighted by atomic mass is 35.5. The van der Waals surface area contributed by atoms with Crippen molar-refractivity contribution in [1.29, 1.82) is 5.26 Å². The molecule has 0 spiro atoms. The third kappa shape index (κ3) is 6.69. The summed E-state index contributed by atoms with van der Waals surface area (Å²) in [7, 11) is 1.51. The largest absolute Gasteiger partial charge is 0.497 e. The maximum absolute atomic E-state index is 13.8. The minimum Gasteiger partial charge on any atom is -0.497 e. The number of amides is 1. The summed E-state index contributed by atoms with van der Waals surface area (Å²) in [6, 6.07) is 8.83.